The molecule has 110 valence electrons. The van der Waals surface area contributed by atoms with E-state index < -0.39 is 0 Å². The molecule has 0 fully saturated rings. The highest BCUT2D eigenvalue weighted by atomic mass is 79.9. The maximum atomic E-state index is 12.3. The number of aryl methyl sites for hydroxylation is 2. The fourth-order valence-corrected chi connectivity index (χ4v) is 2.98. The van der Waals surface area contributed by atoms with Crippen LogP contribution in [0.1, 0.15) is 25.2 Å². The molecule has 7 nitrogen and oxygen atoms in total. The fourth-order valence-electron chi connectivity index (χ4n) is 2.29. The quantitative estimate of drug-likeness (QED) is 0.714. The first-order valence-electron chi connectivity index (χ1n) is 6.79. The van der Waals surface area contributed by atoms with Gasteiger partial charge in [-0.05, 0) is 29.3 Å². The van der Waals surface area contributed by atoms with Crippen LogP contribution >= 0.6 is 15.9 Å². The van der Waals surface area contributed by atoms with Crippen LogP contribution in [0.5, 0.6) is 0 Å². The second-order valence-electron chi connectivity index (χ2n) is 4.62. The van der Waals surface area contributed by atoms with Gasteiger partial charge in [-0.3, -0.25) is 9.67 Å². The van der Waals surface area contributed by atoms with Crippen molar-refractivity contribution >= 4 is 21.6 Å². The van der Waals surface area contributed by atoms with E-state index in [1.807, 2.05) is 11.6 Å². The molecule has 21 heavy (non-hydrogen) atoms. The van der Waals surface area contributed by atoms with Crippen LogP contribution in [0.3, 0.4) is 0 Å². The van der Waals surface area contributed by atoms with Crippen molar-refractivity contribution in [2.45, 2.75) is 33.4 Å². The zero-order chi connectivity index (χ0) is 15.0. The third kappa shape index (κ3) is 2.29. The van der Waals surface area contributed by atoms with Crippen LogP contribution in [0.15, 0.2) is 27.9 Å². The van der Waals surface area contributed by atoms with Gasteiger partial charge in [0.1, 0.15) is 0 Å². The lowest BCUT2D eigenvalue weighted by molar-refractivity contribution is 0.564. The van der Waals surface area contributed by atoms with Crippen molar-refractivity contribution in [1.82, 2.24) is 28.9 Å². The van der Waals surface area contributed by atoms with Gasteiger partial charge in [-0.15, -0.1) is 5.10 Å². The highest BCUT2D eigenvalue weighted by Crippen LogP contribution is 2.22. The molecule has 0 aromatic carbocycles. The fraction of sp³-hybridized carbons (Fsp3) is 0.385. The number of halogens is 1. The molecule has 0 saturated heterocycles. The first kappa shape index (κ1) is 14.0. The Kier molecular flexibility index (Phi) is 3.62. The van der Waals surface area contributed by atoms with E-state index in [-0.39, 0.29) is 5.69 Å². The molecule has 8 heteroatoms. The molecule has 0 aliphatic heterocycles. The predicted octanol–water partition coefficient (Wildman–Crippen LogP) is 1.48. The second kappa shape index (κ2) is 5.44. The minimum Gasteiger partial charge on any atom is -0.267 e. The Morgan fingerprint density at radius 1 is 1.24 bits per heavy atom. The predicted molar refractivity (Wildman–Crippen MR) is 81.3 cm³/mol. The molecule has 0 aliphatic carbocycles. The molecule has 3 rings (SSSR count). The van der Waals surface area contributed by atoms with E-state index in [2.05, 4.69) is 38.0 Å². The van der Waals surface area contributed by atoms with Crippen molar-refractivity contribution in [3.8, 4) is 0 Å². The van der Waals surface area contributed by atoms with Crippen molar-refractivity contribution < 1.29 is 0 Å². The van der Waals surface area contributed by atoms with Gasteiger partial charge >= 0.3 is 5.69 Å². The van der Waals surface area contributed by atoms with Crippen LogP contribution in [0.4, 0.5) is 0 Å². The SMILES string of the molecule is CCc1nn(CC)c(Cn2nc3cnccn3c2=O)c1Br. The van der Waals surface area contributed by atoms with E-state index in [0.29, 0.717) is 12.2 Å². The van der Waals surface area contributed by atoms with Gasteiger partial charge in [0, 0.05) is 18.9 Å². The van der Waals surface area contributed by atoms with Crippen LogP contribution in [-0.4, -0.2) is 28.9 Å². The molecule has 0 atom stereocenters. The zero-order valence-corrected chi connectivity index (χ0v) is 13.4. The summed E-state index contributed by atoms with van der Waals surface area (Å²) in [5, 5.41) is 8.84. The minimum absolute atomic E-state index is 0.179. The first-order valence-corrected chi connectivity index (χ1v) is 7.58. The van der Waals surface area contributed by atoms with Gasteiger partial charge in [-0.25, -0.2) is 13.9 Å². The monoisotopic (exact) mass is 350 g/mol. The van der Waals surface area contributed by atoms with Gasteiger partial charge < -0.3 is 0 Å². The first-order chi connectivity index (χ1) is 10.2. The Hall–Kier alpha value is -1.96. The van der Waals surface area contributed by atoms with Gasteiger partial charge in [0.05, 0.1) is 28.6 Å². The van der Waals surface area contributed by atoms with Crippen molar-refractivity contribution in [2.24, 2.45) is 0 Å². The van der Waals surface area contributed by atoms with Crippen molar-refractivity contribution in [3.63, 3.8) is 0 Å². The van der Waals surface area contributed by atoms with Gasteiger partial charge in [0.2, 0.25) is 0 Å². The Labute approximate surface area is 129 Å². The van der Waals surface area contributed by atoms with Crippen LogP contribution in [0, 0.1) is 0 Å². The number of rotatable bonds is 4. The lowest BCUT2D eigenvalue weighted by atomic mass is 10.3. The molecule has 3 aromatic rings. The smallest absolute Gasteiger partial charge is 0.267 e. The summed E-state index contributed by atoms with van der Waals surface area (Å²) in [4.78, 5) is 16.3. The van der Waals surface area contributed by atoms with E-state index in [9.17, 15) is 4.79 Å². The zero-order valence-electron chi connectivity index (χ0n) is 11.8. The molecule has 3 aromatic heterocycles. The molecule has 0 bridgehead atoms. The Morgan fingerprint density at radius 2 is 2.05 bits per heavy atom. The average Bonchev–Trinajstić information content (AvgIpc) is 2.99. The number of fused-ring (bicyclic) bond motifs is 1. The molecule has 0 N–H and O–H groups in total. The van der Waals surface area contributed by atoms with Gasteiger partial charge in [-0.2, -0.15) is 5.10 Å². The number of nitrogens with zero attached hydrogens (tertiary/aromatic N) is 6. The Morgan fingerprint density at radius 3 is 2.71 bits per heavy atom. The summed E-state index contributed by atoms with van der Waals surface area (Å²) in [7, 11) is 0. The van der Waals surface area contributed by atoms with E-state index in [0.717, 1.165) is 28.8 Å². The van der Waals surface area contributed by atoms with Crippen LogP contribution in [-0.2, 0) is 19.5 Å². The van der Waals surface area contributed by atoms with E-state index in [4.69, 9.17) is 0 Å². The number of hydrogen-bond donors (Lipinski definition) is 0. The second-order valence-corrected chi connectivity index (χ2v) is 5.41. The van der Waals surface area contributed by atoms with Crippen LogP contribution < -0.4 is 5.69 Å². The lowest BCUT2D eigenvalue weighted by Gasteiger charge is -2.04. The van der Waals surface area contributed by atoms with Gasteiger partial charge in [0.15, 0.2) is 5.65 Å². The summed E-state index contributed by atoms with van der Waals surface area (Å²) < 4.78 is 5.77. The highest BCUT2D eigenvalue weighted by molar-refractivity contribution is 9.10. The average molecular weight is 351 g/mol. The summed E-state index contributed by atoms with van der Waals surface area (Å²) in [6.07, 6.45) is 5.60. The third-order valence-corrected chi connectivity index (χ3v) is 4.30. The summed E-state index contributed by atoms with van der Waals surface area (Å²) in [6.45, 7) is 5.21. The molecule has 0 aliphatic rings. The summed E-state index contributed by atoms with van der Waals surface area (Å²) in [6, 6.07) is 0. The van der Waals surface area contributed by atoms with Crippen LogP contribution in [0.2, 0.25) is 0 Å². The molecule has 0 saturated carbocycles. The maximum absolute atomic E-state index is 12.3. The van der Waals surface area contributed by atoms with Crippen molar-refractivity contribution in [3.05, 3.63) is 44.9 Å². The number of aromatic nitrogens is 6. The largest absolute Gasteiger partial charge is 0.350 e. The van der Waals surface area contributed by atoms with Crippen molar-refractivity contribution in [1.29, 1.82) is 0 Å². The van der Waals surface area contributed by atoms with Crippen LogP contribution in [0.25, 0.3) is 5.65 Å². The van der Waals surface area contributed by atoms with Gasteiger partial charge in [0.25, 0.3) is 0 Å². The molecular formula is C13H15BrN6O. The third-order valence-electron chi connectivity index (χ3n) is 3.38. The molecule has 0 radical (unpaired) electrons. The molecular weight excluding hydrogens is 336 g/mol. The highest BCUT2D eigenvalue weighted by Gasteiger charge is 2.16. The Balaban J connectivity index is 2.08. The molecule has 3 heterocycles. The van der Waals surface area contributed by atoms with Crippen molar-refractivity contribution in [2.75, 3.05) is 0 Å². The standard InChI is InChI=1S/C13H15BrN6O/c1-3-9-12(14)10(19(4-2)16-9)8-20-13(21)18-6-5-15-7-11(18)17-20/h5-7H,3-4,8H2,1-2H3. The lowest BCUT2D eigenvalue weighted by Crippen LogP contribution is -2.23. The number of hydrogen-bond acceptors (Lipinski definition) is 4. The summed E-state index contributed by atoms with van der Waals surface area (Å²) in [5.41, 5.74) is 2.30. The van der Waals surface area contributed by atoms with E-state index in [1.54, 1.807) is 18.6 Å². The minimum atomic E-state index is -0.179. The topological polar surface area (TPSA) is 70.0 Å². The Bertz CT molecular complexity index is 846. The van der Waals surface area contributed by atoms with E-state index in [1.165, 1.54) is 9.08 Å². The maximum Gasteiger partial charge on any atom is 0.350 e. The summed E-state index contributed by atoms with van der Waals surface area (Å²) in [5.74, 6) is 0. The molecule has 0 amide bonds. The van der Waals surface area contributed by atoms with Gasteiger partial charge in [-0.1, -0.05) is 6.92 Å². The normalized spacial score (nSPS) is 11.4. The molecule has 0 unspecified atom stereocenters. The van der Waals surface area contributed by atoms with E-state index >= 15 is 0 Å². The molecule has 0 spiro atoms. The summed E-state index contributed by atoms with van der Waals surface area (Å²) >= 11 is 3.58.